The van der Waals surface area contributed by atoms with E-state index in [9.17, 15) is 0 Å². The summed E-state index contributed by atoms with van der Waals surface area (Å²) in [5, 5.41) is 3.24. The van der Waals surface area contributed by atoms with Crippen molar-refractivity contribution in [3.63, 3.8) is 0 Å². The summed E-state index contributed by atoms with van der Waals surface area (Å²) in [5.41, 5.74) is 2.34. The van der Waals surface area contributed by atoms with E-state index in [0.29, 0.717) is 0 Å². The van der Waals surface area contributed by atoms with Crippen LogP contribution in [0.25, 0.3) is 0 Å². The lowest BCUT2D eigenvalue weighted by Crippen LogP contribution is -2.23. The minimum absolute atomic E-state index is 0.826. The van der Waals surface area contributed by atoms with Crippen LogP contribution < -0.4 is 5.32 Å². The van der Waals surface area contributed by atoms with Crippen LogP contribution in [0.15, 0.2) is 42.7 Å². The minimum Gasteiger partial charge on any atom is -0.369 e. The third-order valence-electron chi connectivity index (χ3n) is 3.34. The largest absolute Gasteiger partial charge is 0.369 e. The Balaban J connectivity index is 1.92. The molecule has 1 aromatic heterocycles. The van der Waals surface area contributed by atoms with Crippen molar-refractivity contribution in [2.45, 2.75) is 33.4 Å². The first-order valence-electron chi connectivity index (χ1n) is 7.63. The molecule has 112 valence electrons. The first-order valence-corrected chi connectivity index (χ1v) is 7.63. The number of nitrogens with one attached hydrogen (secondary N) is 1. The van der Waals surface area contributed by atoms with Crippen molar-refractivity contribution in [2.24, 2.45) is 0 Å². The maximum Gasteiger partial charge on any atom is 0.144 e. The first kappa shape index (κ1) is 15.4. The van der Waals surface area contributed by atoms with Crippen molar-refractivity contribution in [2.75, 3.05) is 18.4 Å². The molecule has 1 aromatic carbocycles. The summed E-state index contributed by atoms with van der Waals surface area (Å²) in [4.78, 5) is 11.3. The molecule has 0 fully saturated rings. The maximum atomic E-state index is 4.49. The highest BCUT2D eigenvalue weighted by Gasteiger charge is 2.06. The van der Waals surface area contributed by atoms with E-state index in [2.05, 4.69) is 58.3 Å². The van der Waals surface area contributed by atoms with E-state index in [-0.39, 0.29) is 0 Å². The van der Waals surface area contributed by atoms with Crippen LogP contribution in [0.5, 0.6) is 0 Å². The van der Waals surface area contributed by atoms with Gasteiger partial charge in [-0.3, -0.25) is 9.88 Å². The van der Waals surface area contributed by atoms with Gasteiger partial charge in [-0.05, 0) is 18.5 Å². The molecule has 0 unspecified atom stereocenters. The lowest BCUT2D eigenvalue weighted by Gasteiger charge is -2.20. The van der Waals surface area contributed by atoms with Crippen LogP contribution in [0, 0.1) is 0 Å². The lowest BCUT2D eigenvalue weighted by molar-refractivity contribution is 0.268. The van der Waals surface area contributed by atoms with E-state index in [0.717, 1.165) is 44.1 Å². The number of rotatable bonds is 8. The summed E-state index contributed by atoms with van der Waals surface area (Å²) in [7, 11) is 0. The Bertz CT molecular complexity index is 510. The molecule has 0 saturated heterocycles. The molecule has 2 rings (SSSR count). The zero-order chi connectivity index (χ0) is 14.9. The Labute approximate surface area is 127 Å². The van der Waals surface area contributed by atoms with E-state index in [4.69, 9.17) is 0 Å². The molecule has 0 aliphatic heterocycles. The van der Waals surface area contributed by atoms with E-state index in [1.54, 1.807) is 0 Å². The SMILES string of the molecule is CCCNc1cnc(CN(CC)Cc2ccccc2)cn1. The molecule has 1 heterocycles. The van der Waals surface area contributed by atoms with Crippen LogP contribution in [0.3, 0.4) is 0 Å². The zero-order valence-corrected chi connectivity index (χ0v) is 12.9. The predicted octanol–water partition coefficient (Wildman–Crippen LogP) is 3.32. The monoisotopic (exact) mass is 284 g/mol. The van der Waals surface area contributed by atoms with Crippen molar-refractivity contribution in [3.8, 4) is 0 Å². The van der Waals surface area contributed by atoms with Crippen molar-refractivity contribution in [3.05, 3.63) is 54.0 Å². The predicted molar refractivity (Wildman–Crippen MR) is 87.0 cm³/mol. The molecule has 21 heavy (non-hydrogen) atoms. The maximum absolute atomic E-state index is 4.49. The van der Waals surface area contributed by atoms with Gasteiger partial charge >= 0.3 is 0 Å². The third-order valence-corrected chi connectivity index (χ3v) is 3.34. The number of hydrogen-bond acceptors (Lipinski definition) is 4. The number of benzene rings is 1. The summed E-state index contributed by atoms with van der Waals surface area (Å²) < 4.78 is 0. The normalized spacial score (nSPS) is 10.8. The van der Waals surface area contributed by atoms with Crippen LogP contribution >= 0.6 is 0 Å². The van der Waals surface area contributed by atoms with Crippen molar-refractivity contribution in [1.29, 1.82) is 0 Å². The van der Waals surface area contributed by atoms with E-state index < -0.39 is 0 Å². The van der Waals surface area contributed by atoms with Gasteiger partial charge in [-0.1, -0.05) is 44.2 Å². The lowest BCUT2D eigenvalue weighted by atomic mass is 10.2. The van der Waals surface area contributed by atoms with Gasteiger partial charge in [-0.25, -0.2) is 4.98 Å². The molecular formula is C17H24N4. The average molecular weight is 284 g/mol. The fraction of sp³-hybridized carbons (Fsp3) is 0.412. The Morgan fingerprint density at radius 1 is 1.00 bits per heavy atom. The van der Waals surface area contributed by atoms with Gasteiger partial charge in [0.05, 0.1) is 18.1 Å². The van der Waals surface area contributed by atoms with Gasteiger partial charge in [0.15, 0.2) is 0 Å². The summed E-state index contributed by atoms with van der Waals surface area (Å²) in [6, 6.07) is 10.5. The molecule has 1 N–H and O–H groups in total. The molecular weight excluding hydrogens is 260 g/mol. The molecule has 0 saturated carbocycles. The van der Waals surface area contributed by atoms with Crippen LogP contribution in [0.1, 0.15) is 31.5 Å². The number of hydrogen-bond donors (Lipinski definition) is 1. The molecule has 0 bridgehead atoms. The molecule has 0 amide bonds. The first-order chi connectivity index (χ1) is 10.3. The summed E-state index contributed by atoms with van der Waals surface area (Å²) >= 11 is 0. The highest BCUT2D eigenvalue weighted by atomic mass is 15.1. The van der Waals surface area contributed by atoms with Crippen molar-refractivity contribution in [1.82, 2.24) is 14.9 Å². The average Bonchev–Trinajstić information content (AvgIpc) is 2.54. The summed E-state index contributed by atoms with van der Waals surface area (Å²) in [6.07, 6.45) is 4.77. The second-order valence-electron chi connectivity index (χ2n) is 5.11. The Morgan fingerprint density at radius 2 is 1.81 bits per heavy atom. The molecule has 4 nitrogen and oxygen atoms in total. The van der Waals surface area contributed by atoms with Crippen LogP contribution in [-0.4, -0.2) is 28.0 Å². The Kier molecular flexibility index (Phi) is 6.16. The number of anilines is 1. The zero-order valence-electron chi connectivity index (χ0n) is 12.9. The van der Waals surface area contributed by atoms with E-state index >= 15 is 0 Å². The van der Waals surface area contributed by atoms with Gasteiger partial charge in [0.1, 0.15) is 5.82 Å². The second-order valence-corrected chi connectivity index (χ2v) is 5.11. The second kappa shape index (κ2) is 8.37. The van der Waals surface area contributed by atoms with Crippen LogP contribution in [0.4, 0.5) is 5.82 Å². The molecule has 0 atom stereocenters. The molecule has 0 aliphatic carbocycles. The Morgan fingerprint density at radius 3 is 2.43 bits per heavy atom. The molecule has 2 aromatic rings. The van der Waals surface area contributed by atoms with Gasteiger partial charge in [0, 0.05) is 19.6 Å². The third kappa shape index (κ3) is 5.16. The van der Waals surface area contributed by atoms with E-state index in [1.807, 2.05) is 18.5 Å². The smallest absolute Gasteiger partial charge is 0.144 e. The van der Waals surface area contributed by atoms with Crippen LogP contribution in [0.2, 0.25) is 0 Å². The van der Waals surface area contributed by atoms with Crippen LogP contribution in [-0.2, 0) is 13.1 Å². The standard InChI is InChI=1S/C17H24N4/c1-3-10-18-17-12-19-16(11-20-17)14-21(4-2)13-15-8-6-5-7-9-15/h5-9,11-12H,3-4,10,13-14H2,1-2H3,(H,18,20). The highest BCUT2D eigenvalue weighted by molar-refractivity contribution is 5.30. The Hall–Kier alpha value is -1.94. The molecule has 0 spiro atoms. The summed E-state index contributed by atoms with van der Waals surface area (Å²) in [5.74, 6) is 0.853. The number of aromatic nitrogens is 2. The summed E-state index contributed by atoms with van der Waals surface area (Å²) in [6.45, 7) is 8.00. The van der Waals surface area contributed by atoms with Gasteiger partial charge in [0.2, 0.25) is 0 Å². The number of nitrogens with zero attached hydrogens (tertiary/aromatic N) is 3. The fourth-order valence-electron chi connectivity index (χ4n) is 2.13. The minimum atomic E-state index is 0.826. The molecule has 4 heteroatoms. The topological polar surface area (TPSA) is 41.1 Å². The van der Waals surface area contributed by atoms with Crippen molar-refractivity contribution >= 4 is 5.82 Å². The van der Waals surface area contributed by atoms with Crippen molar-refractivity contribution < 1.29 is 0 Å². The van der Waals surface area contributed by atoms with Gasteiger partial charge in [0.25, 0.3) is 0 Å². The van der Waals surface area contributed by atoms with Gasteiger partial charge in [-0.15, -0.1) is 0 Å². The molecule has 0 radical (unpaired) electrons. The molecule has 0 aliphatic rings. The fourth-order valence-corrected chi connectivity index (χ4v) is 2.13. The van der Waals surface area contributed by atoms with Gasteiger partial charge in [-0.2, -0.15) is 0 Å². The quantitative estimate of drug-likeness (QED) is 0.807. The van der Waals surface area contributed by atoms with Gasteiger partial charge < -0.3 is 5.32 Å². The highest BCUT2D eigenvalue weighted by Crippen LogP contribution is 2.09. The van der Waals surface area contributed by atoms with E-state index in [1.165, 1.54) is 5.56 Å².